The third-order valence-corrected chi connectivity index (χ3v) is 2.32. The van der Waals surface area contributed by atoms with Crippen LogP contribution in [0.1, 0.15) is 5.69 Å². The Labute approximate surface area is 95.6 Å². The van der Waals surface area contributed by atoms with Crippen LogP contribution in [0, 0.1) is 17.0 Å². The van der Waals surface area contributed by atoms with E-state index in [0.717, 1.165) is 0 Å². The number of nitro groups is 1. The van der Waals surface area contributed by atoms with E-state index in [4.69, 9.17) is 11.6 Å². The van der Waals surface area contributed by atoms with Crippen molar-refractivity contribution in [2.24, 2.45) is 0 Å². The van der Waals surface area contributed by atoms with Gasteiger partial charge in [0.15, 0.2) is 5.82 Å². The average molecular weight is 239 g/mol. The number of rotatable bonds is 2. The largest absolute Gasteiger partial charge is 0.292 e. The minimum absolute atomic E-state index is 0.0964. The fourth-order valence-electron chi connectivity index (χ4n) is 1.30. The molecule has 0 unspecified atom stereocenters. The normalized spacial score (nSPS) is 10.4. The van der Waals surface area contributed by atoms with Crippen LogP contribution < -0.4 is 0 Å². The molecule has 82 valence electrons. The lowest BCUT2D eigenvalue weighted by atomic mass is 10.3. The van der Waals surface area contributed by atoms with Crippen LogP contribution in [0.4, 0.5) is 5.69 Å². The van der Waals surface area contributed by atoms with Gasteiger partial charge in [-0.1, -0.05) is 11.6 Å². The summed E-state index contributed by atoms with van der Waals surface area (Å²) in [5.74, 6) is 0.384. The summed E-state index contributed by atoms with van der Waals surface area (Å²) in [6, 6.07) is 3.00. The summed E-state index contributed by atoms with van der Waals surface area (Å²) in [5, 5.41) is 14.8. The van der Waals surface area contributed by atoms with Crippen molar-refractivity contribution in [2.75, 3.05) is 0 Å². The van der Waals surface area contributed by atoms with Gasteiger partial charge in [-0.25, -0.2) is 9.67 Å². The zero-order chi connectivity index (χ0) is 11.7. The van der Waals surface area contributed by atoms with E-state index in [1.165, 1.54) is 10.7 Å². The third kappa shape index (κ3) is 1.74. The number of halogens is 1. The van der Waals surface area contributed by atoms with Gasteiger partial charge >= 0.3 is 0 Å². The number of aromatic nitrogens is 3. The van der Waals surface area contributed by atoms with Gasteiger partial charge in [-0.15, -0.1) is 0 Å². The van der Waals surface area contributed by atoms with Crippen molar-refractivity contribution >= 4 is 17.3 Å². The van der Waals surface area contributed by atoms with Crippen molar-refractivity contribution in [3.63, 3.8) is 0 Å². The molecule has 2 heterocycles. The van der Waals surface area contributed by atoms with Crippen LogP contribution >= 0.6 is 11.6 Å². The minimum atomic E-state index is -0.513. The standard InChI is InChI=1S/C9H7ClN4O2/c1-6-8(14(15)16)5-7(10)9(12-6)13-4-2-3-11-13/h2-5H,1H3. The second kappa shape index (κ2) is 3.90. The van der Waals surface area contributed by atoms with E-state index in [9.17, 15) is 10.1 Å². The third-order valence-electron chi connectivity index (χ3n) is 2.04. The van der Waals surface area contributed by atoms with E-state index in [1.54, 1.807) is 25.4 Å². The Kier molecular flexibility index (Phi) is 2.57. The minimum Gasteiger partial charge on any atom is -0.258 e. The molecule has 0 aromatic carbocycles. The van der Waals surface area contributed by atoms with Crippen LogP contribution in [0.5, 0.6) is 0 Å². The number of aryl methyl sites for hydroxylation is 1. The maximum atomic E-state index is 10.7. The first-order valence-electron chi connectivity index (χ1n) is 4.41. The number of pyridine rings is 1. The highest BCUT2D eigenvalue weighted by atomic mass is 35.5. The fraction of sp³-hybridized carbons (Fsp3) is 0.111. The Hall–Kier alpha value is -1.95. The lowest BCUT2D eigenvalue weighted by molar-refractivity contribution is -0.385. The van der Waals surface area contributed by atoms with Crippen molar-refractivity contribution in [2.45, 2.75) is 6.92 Å². The molecule has 0 bridgehead atoms. The maximum Gasteiger partial charge on any atom is 0.292 e. The number of nitrogens with zero attached hydrogens (tertiary/aromatic N) is 4. The lowest BCUT2D eigenvalue weighted by Crippen LogP contribution is -2.03. The van der Waals surface area contributed by atoms with Crippen LogP contribution in [0.25, 0.3) is 5.82 Å². The molecule has 0 fully saturated rings. The number of hydrogen-bond donors (Lipinski definition) is 0. The molecule has 2 rings (SSSR count). The van der Waals surface area contributed by atoms with Crippen molar-refractivity contribution in [3.8, 4) is 5.82 Å². The predicted molar refractivity (Wildman–Crippen MR) is 57.8 cm³/mol. The second-order valence-electron chi connectivity index (χ2n) is 3.11. The van der Waals surface area contributed by atoms with Gasteiger partial charge in [0.25, 0.3) is 5.69 Å². The van der Waals surface area contributed by atoms with Crippen LogP contribution in [-0.2, 0) is 0 Å². The molecule has 2 aromatic rings. The maximum absolute atomic E-state index is 10.7. The highest BCUT2D eigenvalue weighted by Crippen LogP contribution is 2.25. The van der Waals surface area contributed by atoms with E-state index < -0.39 is 4.92 Å². The summed E-state index contributed by atoms with van der Waals surface area (Å²) in [7, 11) is 0. The molecule has 2 aromatic heterocycles. The van der Waals surface area contributed by atoms with Gasteiger partial charge in [-0.05, 0) is 13.0 Å². The molecule has 0 N–H and O–H groups in total. The molecule has 7 heteroatoms. The quantitative estimate of drug-likeness (QED) is 0.593. The van der Waals surface area contributed by atoms with Gasteiger partial charge in [0.2, 0.25) is 0 Å². The Morgan fingerprint density at radius 3 is 2.88 bits per heavy atom. The van der Waals surface area contributed by atoms with E-state index >= 15 is 0 Å². The van der Waals surface area contributed by atoms with E-state index in [0.29, 0.717) is 11.5 Å². The summed E-state index contributed by atoms with van der Waals surface area (Å²) < 4.78 is 1.46. The zero-order valence-electron chi connectivity index (χ0n) is 8.29. The SMILES string of the molecule is Cc1nc(-n2cccn2)c(Cl)cc1[N+](=O)[O-]. The smallest absolute Gasteiger partial charge is 0.258 e. The highest BCUT2D eigenvalue weighted by Gasteiger charge is 2.16. The Balaban J connectivity index is 2.59. The van der Waals surface area contributed by atoms with Crippen molar-refractivity contribution in [3.05, 3.63) is 45.4 Å². The van der Waals surface area contributed by atoms with E-state index in [2.05, 4.69) is 10.1 Å². The fourth-order valence-corrected chi connectivity index (χ4v) is 1.53. The molecular weight excluding hydrogens is 232 g/mol. The van der Waals surface area contributed by atoms with Gasteiger partial charge in [-0.3, -0.25) is 10.1 Å². The van der Waals surface area contributed by atoms with Crippen molar-refractivity contribution in [1.29, 1.82) is 0 Å². The molecule has 0 atom stereocenters. The van der Waals surface area contributed by atoms with E-state index in [1.807, 2.05) is 0 Å². The summed E-state index contributed by atoms with van der Waals surface area (Å²) in [4.78, 5) is 14.2. The molecule has 6 nitrogen and oxygen atoms in total. The lowest BCUT2D eigenvalue weighted by Gasteiger charge is -2.04. The molecule has 0 amide bonds. The van der Waals surface area contributed by atoms with Gasteiger partial charge in [0, 0.05) is 18.5 Å². The van der Waals surface area contributed by atoms with Crippen LogP contribution in [0.2, 0.25) is 5.02 Å². The Bertz CT molecular complexity index is 539. The second-order valence-corrected chi connectivity index (χ2v) is 3.51. The van der Waals surface area contributed by atoms with Gasteiger partial charge < -0.3 is 0 Å². The van der Waals surface area contributed by atoms with Crippen LogP contribution in [-0.4, -0.2) is 19.7 Å². The van der Waals surface area contributed by atoms with E-state index in [-0.39, 0.29) is 10.7 Å². The predicted octanol–water partition coefficient (Wildman–Crippen LogP) is 2.14. The summed E-state index contributed by atoms with van der Waals surface area (Å²) >= 11 is 5.91. The van der Waals surface area contributed by atoms with Gasteiger partial charge in [0.05, 0.1) is 9.95 Å². The molecule has 0 saturated heterocycles. The van der Waals surface area contributed by atoms with Crippen LogP contribution in [0.15, 0.2) is 24.5 Å². The Morgan fingerprint density at radius 1 is 1.56 bits per heavy atom. The van der Waals surface area contributed by atoms with Gasteiger partial charge in [-0.2, -0.15) is 5.10 Å². The zero-order valence-corrected chi connectivity index (χ0v) is 9.05. The average Bonchev–Trinajstić information content (AvgIpc) is 2.73. The van der Waals surface area contributed by atoms with Gasteiger partial charge in [0.1, 0.15) is 5.69 Å². The topological polar surface area (TPSA) is 73.8 Å². The first-order chi connectivity index (χ1) is 7.59. The molecule has 0 saturated carbocycles. The highest BCUT2D eigenvalue weighted by molar-refractivity contribution is 6.32. The first-order valence-corrected chi connectivity index (χ1v) is 4.79. The molecule has 0 aliphatic rings. The molecule has 0 radical (unpaired) electrons. The molecule has 0 aliphatic carbocycles. The summed E-state index contributed by atoms with van der Waals surface area (Å²) in [5.41, 5.74) is 0.209. The first kappa shape index (κ1) is 10.6. The van der Waals surface area contributed by atoms with Crippen molar-refractivity contribution < 1.29 is 4.92 Å². The molecular formula is C9H7ClN4O2. The van der Waals surface area contributed by atoms with Crippen LogP contribution in [0.3, 0.4) is 0 Å². The van der Waals surface area contributed by atoms with Crippen molar-refractivity contribution in [1.82, 2.24) is 14.8 Å². The monoisotopic (exact) mass is 238 g/mol. The number of hydrogen-bond acceptors (Lipinski definition) is 4. The molecule has 16 heavy (non-hydrogen) atoms. The summed E-state index contributed by atoms with van der Waals surface area (Å²) in [6.45, 7) is 1.56. The Morgan fingerprint density at radius 2 is 2.31 bits per heavy atom. The molecule has 0 spiro atoms. The molecule has 0 aliphatic heterocycles. The summed E-state index contributed by atoms with van der Waals surface area (Å²) in [6.07, 6.45) is 3.24.